The zero-order valence-electron chi connectivity index (χ0n) is 10.9. The van der Waals surface area contributed by atoms with E-state index in [4.69, 9.17) is 19.9 Å². The van der Waals surface area contributed by atoms with E-state index in [9.17, 15) is 4.79 Å². The van der Waals surface area contributed by atoms with Gasteiger partial charge in [0.05, 0.1) is 24.5 Å². The van der Waals surface area contributed by atoms with Gasteiger partial charge < -0.3 is 19.9 Å². The zero-order valence-corrected chi connectivity index (χ0v) is 10.9. The SMILES string of the molecule is CCOc1ccc(C(=O)O[C@@H](C)COC)cc1N. The van der Waals surface area contributed by atoms with Gasteiger partial charge in [-0.25, -0.2) is 4.79 Å². The molecule has 0 saturated carbocycles. The summed E-state index contributed by atoms with van der Waals surface area (Å²) < 4.78 is 15.4. The highest BCUT2D eigenvalue weighted by molar-refractivity contribution is 5.91. The van der Waals surface area contributed by atoms with Crippen LogP contribution in [0.2, 0.25) is 0 Å². The third-order valence-corrected chi connectivity index (χ3v) is 2.25. The zero-order chi connectivity index (χ0) is 13.5. The Hall–Kier alpha value is -1.75. The van der Waals surface area contributed by atoms with Gasteiger partial charge in [-0.05, 0) is 32.0 Å². The molecular formula is C13H19NO4. The fourth-order valence-electron chi connectivity index (χ4n) is 1.48. The van der Waals surface area contributed by atoms with Crippen LogP contribution in [0.15, 0.2) is 18.2 Å². The lowest BCUT2D eigenvalue weighted by Gasteiger charge is -2.13. The van der Waals surface area contributed by atoms with E-state index in [-0.39, 0.29) is 6.10 Å². The summed E-state index contributed by atoms with van der Waals surface area (Å²) in [6.07, 6.45) is -0.296. The van der Waals surface area contributed by atoms with Crippen LogP contribution in [0.5, 0.6) is 5.75 Å². The van der Waals surface area contributed by atoms with E-state index < -0.39 is 5.97 Å². The number of carbonyl (C=O) groups excluding carboxylic acids is 1. The lowest BCUT2D eigenvalue weighted by Crippen LogP contribution is -2.19. The molecule has 1 atom stereocenters. The molecule has 0 fully saturated rings. The Labute approximate surface area is 107 Å². The Kier molecular flexibility index (Phi) is 5.45. The Bertz CT molecular complexity index is 406. The minimum absolute atomic E-state index is 0.296. The van der Waals surface area contributed by atoms with Crippen molar-refractivity contribution in [2.75, 3.05) is 26.1 Å². The van der Waals surface area contributed by atoms with Gasteiger partial charge in [0, 0.05) is 7.11 Å². The fourth-order valence-corrected chi connectivity index (χ4v) is 1.48. The van der Waals surface area contributed by atoms with Crippen molar-refractivity contribution in [1.82, 2.24) is 0 Å². The number of hydrogen-bond donors (Lipinski definition) is 1. The summed E-state index contributed by atoms with van der Waals surface area (Å²) in [5, 5.41) is 0. The Morgan fingerprint density at radius 2 is 2.17 bits per heavy atom. The van der Waals surface area contributed by atoms with Crippen LogP contribution in [0.25, 0.3) is 0 Å². The minimum Gasteiger partial charge on any atom is -0.492 e. The van der Waals surface area contributed by atoms with Crippen LogP contribution in [-0.2, 0) is 9.47 Å². The maximum atomic E-state index is 11.8. The molecule has 1 rings (SSSR count). The largest absolute Gasteiger partial charge is 0.492 e. The van der Waals surface area contributed by atoms with Gasteiger partial charge in [0.15, 0.2) is 0 Å². The van der Waals surface area contributed by atoms with Crippen molar-refractivity contribution in [3.8, 4) is 5.75 Å². The van der Waals surface area contributed by atoms with Gasteiger partial charge in [0.1, 0.15) is 11.9 Å². The van der Waals surface area contributed by atoms with Crippen LogP contribution in [0.1, 0.15) is 24.2 Å². The third kappa shape index (κ3) is 3.92. The van der Waals surface area contributed by atoms with Gasteiger partial charge in [-0.15, -0.1) is 0 Å². The smallest absolute Gasteiger partial charge is 0.338 e. The summed E-state index contributed by atoms with van der Waals surface area (Å²) in [6.45, 7) is 4.52. The summed E-state index contributed by atoms with van der Waals surface area (Å²) in [4.78, 5) is 11.8. The van der Waals surface area contributed by atoms with Crippen LogP contribution < -0.4 is 10.5 Å². The van der Waals surface area contributed by atoms with Gasteiger partial charge >= 0.3 is 5.97 Å². The number of nitrogens with two attached hydrogens (primary N) is 1. The number of carbonyl (C=O) groups is 1. The Morgan fingerprint density at radius 3 is 2.72 bits per heavy atom. The van der Waals surface area contributed by atoms with E-state index in [0.717, 1.165) is 0 Å². The van der Waals surface area contributed by atoms with Crippen LogP contribution in [0.3, 0.4) is 0 Å². The number of rotatable bonds is 6. The number of anilines is 1. The van der Waals surface area contributed by atoms with Gasteiger partial charge in [-0.1, -0.05) is 0 Å². The van der Waals surface area contributed by atoms with Crippen molar-refractivity contribution in [2.45, 2.75) is 20.0 Å². The van der Waals surface area contributed by atoms with Crippen molar-refractivity contribution in [2.24, 2.45) is 0 Å². The molecule has 0 radical (unpaired) electrons. The maximum absolute atomic E-state index is 11.8. The molecule has 0 saturated heterocycles. The molecule has 0 spiro atoms. The third-order valence-electron chi connectivity index (χ3n) is 2.25. The van der Waals surface area contributed by atoms with E-state index in [2.05, 4.69) is 0 Å². The van der Waals surface area contributed by atoms with Crippen molar-refractivity contribution in [1.29, 1.82) is 0 Å². The Morgan fingerprint density at radius 1 is 1.44 bits per heavy atom. The van der Waals surface area contributed by atoms with Crippen LogP contribution >= 0.6 is 0 Å². The fraction of sp³-hybridized carbons (Fsp3) is 0.462. The standard InChI is InChI=1S/C13H19NO4/c1-4-17-12-6-5-10(7-11(12)14)13(15)18-9(2)8-16-3/h5-7,9H,4,8,14H2,1-3H3/t9-/m0/s1. The molecule has 0 aliphatic carbocycles. The van der Waals surface area contributed by atoms with Gasteiger partial charge in [0.25, 0.3) is 0 Å². The first-order valence-electron chi connectivity index (χ1n) is 5.80. The quantitative estimate of drug-likeness (QED) is 0.619. The van der Waals surface area contributed by atoms with E-state index in [1.165, 1.54) is 0 Å². The van der Waals surface area contributed by atoms with Crippen molar-refractivity contribution >= 4 is 11.7 Å². The van der Waals surface area contributed by atoms with E-state index in [1.807, 2.05) is 6.92 Å². The molecule has 0 aliphatic heterocycles. The molecule has 0 heterocycles. The maximum Gasteiger partial charge on any atom is 0.338 e. The topological polar surface area (TPSA) is 70.8 Å². The van der Waals surface area contributed by atoms with Crippen molar-refractivity contribution in [3.05, 3.63) is 23.8 Å². The predicted octanol–water partition coefficient (Wildman–Crippen LogP) is 1.86. The molecule has 0 aliphatic rings. The summed E-state index contributed by atoms with van der Waals surface area (Å²) >= 11 is 0. The molecule has 1 aromatic rings. The van der Waals surface area contributed by atoms with Crippen molar-refractivity contribution < 1.29 is 19.0 Å². The monoisotopic (exact) mass is 253 g/mol. The lowest BCUT2D eigenvalue weighted by atomic mass is 10.2. The first-order valence-corrected chi connectivity index (χ1v) is 5.80. The number of esters is 1. The minimum atomic E-state index is -0.422. The van der Waals surface area contributed by atoms with Crippen LogP contribution in [-0.4, -0.2) is 32.4 Å². The number of nitrogen functional groups attached to an aromatic ring is 1. The second-order valence-electron chi connectivity index (χ2n) is 3.86. The second kappa shape index (κ2) is 6.86. The molecule has 18 heavy (non-hydrogen) atoms. The summed E-state index contributed by atoms with van der Waals surface area (Å²) in [5.41, 5.74) is 6.60. The number of benzene rings is 1. The van der Waals surface area contributed by atoms with Crippen LogP contribution in [0.4, 0.5) is 5.69 Å². The van der Waals surface area contributed by atoms with Gasteiger partial charge in [-0.3, -0.25) is 0 Å². The van der Waals surface area contributed by atoms with Gasteiger partial charge in [0.2, 0.25) is 0 Å². The average molecular weight is 253 g/mol. The summed E-state index contributed by atoms with van der Waals surface area (Å²) in [5.74, 6) is 0.147. The van der Waals surface area contributed by atoms with Crippen LogP contribution in [0, 0.1) is 0 Å². The second-order valence-corrected chi connectivity index (χ2v) is 3.86. The summed E-state index contributed by atoms with van der Waals surface area (Å²) in [6, 6.07) is 4.84. The van der Waals surface area contributed by atoms with Gasteiger partial charge in [-0.2, -0.15) is 0 Å². The molecule has 0 aromatic heterocycles. The van der Waals surface area contributed by atoms with E-state index >= 15 is 0 Å². The highest BCUT2D eigenvalue weighted by atomic mass is 16.6. The van der Waals surface area contributed by atoms with Crippen molar-refractivity contribution in [3.63, 3.8) is 0 Å². The number of hydrogen-bond acceptors (Lipinski definition) is 5. The normalized spacial score (nSPS) is 11.9. The number of methoxy groups -OCH3 is 1. The average Bonchev–Trinajstić information content (AvgIpc) is 2.32. The molecule has 5 nitrogen and oxygen atoms in total. The molecular weight excluding hydrogens is 234 g/mol. The molecule has 100 valence electrons. The Balaban J connectivity index is 2.72. The summed E-state index contributed by atoms with van der Waals surface area (Å²) in [7, 11) is 1.55. The first kappa shape index (κ1) is 14.3. The molecule has 5 heteroatoms. The first-order chi connectivity index (χ1) is 8.58. The predicted molar refractivity (Wildman–Crippen MR) is 68.8 cm³/mol. The molecule has 0 amide bonds. The van der Waals surface area contributed by atoms with E-state index in [0.29, 0.717) is 30.2 Å². The van der Waals surface area contributed by atoms with E-state index in [1.54, 1.807) is 32.2 Å². The molecule has 2 N–H and O–H groups in total. The molecule has 0 unspecified atom stereocenters. The molecule has 1 aromatic carbocycles. The number of ether oxygens (including phenoxy) is 3. The molecule has 0 bridgehead atoms. The highest BCUT2D eigenvalue weighted by Crippen LogP contribution is 2.23. The highest BCUT2D eigenvalue weighted by Gasteiger charge is 2.13. The lowest BCUT2D eigenvalue weighted by molar-refractivity contribution is 0.0120.